The molecule has 0 saturated heterocycles. The molecule has 0 aliphatic rings. The van der Waals surface area contributed by atoms with Gasteiger partial charge in [0.2, 0.25) is 0 Å². The quantitative estimate of drug-likeness (QED) is 0.864. The van der Waals surface area contributed by atoms with E-state index in [4.69, 9.17) is 5.11 Å². The van der Waals surface area contributed by atoms with Crippen molar-refractivity contribution >= 4 is 31.6 Å². The molecule has 0 atom stereocenters. The summed E-state index contributed by atoms with van der Waals surface area (Å²) in [5.41, 5.74) is 1.22. The molecule has 2 aromatic rings. The number of anilines is 1. The van der Waals surface area contributed by atoms with E-state index in [9.17, 15) is 12.8 Å². The lowest BCUT2D eigenvalue weighted by Gasteiger charge is -2.10. The first kappa shape index (κ1) is 15.9. The molecule has 0 bridgehead atoms. The molecule has 2 N–H and O–H groups in total. The summed E-state index contributed by atoms with van der Waals surface area (Å²) in [7, 11) is -3.84. The first-order valence-corrected chi connectivity index (χ1v) is 8.29. The Balaban J connectivity index is 2.38. The van der Waals surface area contributed by atoms with E-state index < -0.39 is 22.4 Å². The second-order valence-electron chi connectivity index (χ2n) is 4.53. The van der Waals surface area contributed by atoms with E-state index in [1.54, 1.807) is 12.1 Å². The average molecular weight is 374 g/mol. The van der Waals surface area contributed by atoms with Gasteiger partial charge in [0.05, 0.1) is 17.2 Å². The maximum Gasteiger partial charge on any atom is 0.261 e. The topological polar surface area (TPSA) is 66.4 Å². The first-order valence-electron chi connectivity index (χ1n) is 6.01. The minimum atomic E-state index is -3.84. The van der Waals surface area contributed by atoms with Crippen LogP contribution in [-0.4, -0.2) is 13.5 Å². The summed E-state index contributed by atoms with van der Waals surface area (Å²) >= 11 is 3.29. The summed E-state index contributed by atoms with van der Waals surface area (Å²) in [5, 5.41) is 9.01. The van der Waals surface area contributed by atoms with Crippen LogP contribution in [-0.2, 0) is 16.6 Å². The largest absolute Gasteiger partial charge is 0.392 e. The van der Waals surface area contributed by atoms with Crippen molar-refractivity contribution in [3.63, 3.8) is 0 Å². The lowest BCUT2D eigenvalue weighted by Crippen LogP contribution is -2.13. The minimum absolute atomic E-state index is 0.0664. The maximum absolute atomic E-state index is 13.3. The summed E-state index contributed by atoms with van der Waals surface area (Å²) in [6.07, 6.45) is 0. The molecule has 0 aliphatic carbocycles. The monoisotopic (exact) mass is 373 g/mol. The lowest BCUT2D eigenvalue weighted by molar-refractivity contribution is 0.275. The summed E-state index contributed by atoms with van der Waals surface area (Å²) in [4.78, 5) is -0.106. The molecular formula is C14H13BrFNO3S. The fourth-order valence-corrected chi connectivity index (χ4v) is 3.55. The van der Waals surface area contributed by atoms with Gasteiger partial charge in [0.15, 0.2) is 0 Å². The zero-order valence-electron chi connectivity index (χ0n) is 11.1. The van der Waals surface area contributed by atoms with Crippen LogP contribution in [0.15, 0.2) is 45.8 Å². The zero-order valence-corrected chi connectivity index (χ0v) is 13.5. The highest BCUT2D eigenvalue weighted by Crippen LogP contribution is 2.23. The highest BCUT2D eigenvalue weighted by Gasteiger charge is 2.16. The molecule has 2 aromatic carbocycles. The van der Waals surface area contributed by atoms with Gasteiger partial charge in [-0.05, 0) is 48.9 Å². The summed E-state index contributed by atoms with van der Waals surface area (Å²) < 4.78 is 41.0. The Bertz CT molecular complexity index is 758. The number of sulfonamides is 1. The number of hydrogen-bond donors (Lipinski definition) is 2. The first-order chi connectivity index (χ1) is 9.81. The van der Waals surface area contributed by atoms with Gasteiger partial charge in [-0.2, -0.15) is 0 Å². The van der Waals surface area contributed by atoms with Gasteiger partial charge in [-0.1, -0.05) is 15.9 Å². The van der Waals surface area contributed by atoms with Gasteiger partial charge < -0.3 is 5.11 Å². The van der Waals surface area contributed by atoms with Crippen LogP contribution in [0.4, 0.5) is 10.1 Å². The van der Waals surface area contributed by atoms with Crippen molar-refractivity contribution in [2.45, 2.75) is 18.4 Å². The van der Waals surface area contributed by atoms with Crippen molar-refractivity contribution < 1.29 is 17.9 Å². The molecule has 0 saturated carbocycles. The number of aryl methyl sites for hydroxylation is 1. The van der Waals surface area contributed by atoms with Crippen molar-refractivity contribution in [1.29, 1.82) is 0 Å². The molecule has 0 radical (unpaired) electrons. The molecule has 0 spiro atoms. The Morgan fingerprint density at radius 2 is 1.95 bits per heavy atom. The number of nitrogens with one attached hydrogen (secondary N) is 1. The summed E-state index contributed by atoms with van der Waals surface area (Å²) in [6, 6.07) is 8.44. The van der Waals surface area contributed by atoms with Crippen LogP contribution in [0.5, 0.6) is 0 Å². The molecule has 0 unspecified atom stereocenters. The molecule has 0 aromatic heterocycles. The number of hydrogen-bond acceptors (Lipinski definition) is 3. The molecular weight excluding hydrogens is 361 g/mol. The van der Waals surface area contributed by atoms with Crippen molar-refractivity contribution in [3.8, 4) is 0 Å². The predicted octanol–water partition coefficient (Wildman–Crippen LogP) is 3.19. The Kier molecular flexibility index (Phi) is 4.65. The normalized spacial score (nSPS) is 11.4. The highest BCUT2D eigenvalue weighted by atomic mass is 79.9. The van der Waals surface area contributed by atoms with E-state index in [1.165, 1.54) is 0 Å². The van der Waals surface area contributed by atoms with E-state index in [-0.39, 0.29) is 10.5 Å². The fourth-order valence-electron chi connectivity index (χ4n) is 1.85. The van der Waals surface area contributed by atoms with Crippen molar-refractivity contribution in [3.05, 3.63) is 57.8 Å². The molecule has 112 valence electrons. The van der Waals surface area contributed by atoms with Gasteiger partial charge in [-0.25, -0.2) is 12.8 Å². The van der Waals surface area contributed by atoms with E-state index in [0.29, 0.717) is 5.69 Å². The van der Waals surface area contributed by atoms with Crippen LogP contribution < -0.4 is 4.72 Å². The molecule has 0 fully saturated rings. The number of rotatable bonds is 4. The summed E-state index contributed by atoms with van der Waals surface area (Å²) in [5.74, 6) is -0.644. The Morgan fingerprint density at radius 1 is 1.24 bits per heavy atom. The summed E-state index contributed by atoms with van der Waals surface area (Å²) in [6.45, 7) is 1.27. The van der Waals surface area contributed by atoms with Crippen LogP contribution in [0.25, 0.3) is 0 Å². The average Bonchev–Trinajstić information content (AvgIpc) is 2.37. The molecule has 21 heavy (non-hydrogen) atoms. The third-order valence-electron chi connectivity index (χ3n) is 2.79. The molecule has 0 heterocycles. The zero-order chi connectivity index (χ0) is 15.6. The number of halogens is 2. The predicted molar refractivity (Wildman–Crippen MR) is 82.0 cm³/mol. The molecule has 0 aliphatic heterocycles. The third kappa shape index (κ3) is 3.81. The number of aliphatic hydroxyl groups is 1. The molecule has 4 nitrogen and oxygen atoms in total. The van der Waals surface area contributed by atoms with E-state index in [2.05, 4.69) is 20.7 Å². The van der Waals surface area contributed by atoms with Crippen molar-refractivity contribution in [2.24, 2.45) is 0 Å². The van der Waals surface area contributed by atoms with Crippen molar-refractivity contribution in [1.82, 2.24) is 0 Å². The number of aliphatic hydroxyl groups excluding tert-OH is 1. The molecule has 0 amide bonds. The second-order valence-corrected chi connectivity index (χ2v) is 7.13. The van der Waals surface area contributed by atoms with Crippen LogP contribution in [0.2, 0.25) is 0 Å². The van der Waals surface area contributed by atoms with Gasteiger partial charge in [0.25, 0.3) is 10.0 Å². The van der Waals surface area contributed by atoms with Crippen LogP contribution in [0.3, 0.4) is 0 Å². The van der Waals surface area contributed by atoms with E-state index >= 15 is 0 Å². The van der Waals surface area contributed by atoms with Gasteiger partial charge in [0.1, 0.15) is 5.82 Å². The molecule has 7 heteroatoms. The van der Waals surface area contributed by atoms with Crippen LogP contribution in [0.1, 0.15) is 11.1 Å². The fraction of sp³-hybridized carbons (Fsp3) is 0.143. The van der Waals surface area contributed by atoms with Gasteiger partial charge in [-0.3, -0.25) is 4.72 Å². The smallest absolute Gasteiger partial charge is 0.261 e. The minimum Gasteiger partial charge on any atom is -0.392 e. The Morgan fingerprint density at radius 3 is 2.57 bits per heavy atom. The standard InChI is InChI=1S/C14H13BrFNO3S/c1-9-4-11(15)7-12(5-9)17-21(19,20)13-2-3-14(16)10(6-13)8-18/h2-7,17-18H,8H2,1H3. The second kappa shape index (κ2) is 6.13. The van der Waals surface area contributed by atoms with Crippen molar-refractivity contribution in [2.75, 3.05) is 4.72 Å². The van der Waals surface area contributed by atoms with Gasteiger partial charge >= 0.3 is 0 Å². The van der Waals surface area contributed by atoms with Gasteiger partial charge in [0, 0.05) is 10.0 Å². The van der Waals surface area contributed by atoms with Gasteiger partial charge in [-0.15, -0.1) is 0 Å². The van der Waals surface area contributed by atoms with Crippen LogP contribution in [0, 0.1) is 12.7 Å². The lowest BCUT2D eigenvalue weighted by atomic mass is 10.2. The Hall–Kier alpha value is -1.44. The third-order valence-corrected chi connectivity index (χ3v) is 4.63. The van der Waals surface area contributed by atoms with E-state index in [0.717, 1.165) is 28.2 Å². The SMILES string of the molecule is Cc1cc(Br)cc(NS(=O)(=O)c2ccc(F)c(CO)c2)c1. The maximum atomic E-state index is 13.3. The van der Waals surface area contributed by atoms with Crippen LogP contribution >= 0.6 is 15.9 Å². The Labute approximate surface area is 130 Å². The van der Waals surface area contributed by atoms with E-state index in [1.807, 2.05) is 13.0 Å². The highest BCUT2D eigenvalue weighted by molar-refractivity contribution is 9.10. The molecule has 2 rings (SSSR count). The number of benzene rings is 2.